The number of nitriles is 1. The molecule has 2 aromatic heterocycles. The Kier molecular flexibility index (Phi) is 8.72. The van der Waals surface area contributed by atoms with Gasteiger partial charge in [-0.05, 0) is 12.1 Å². The fraction of sp³-hybridized carbons (Fsp3) is 0.300. The Morgan fingerprint density at radius 2 is 1.71 bits per heavy atom. The van der Waals surface area contributed by atoms with E-state index in [0.717, 1.165) is 16.7 Å². The molecule has 192 valence electrons. The quantitative estimate of drug-likeness (QED) is 0.225. The van der Waals surface area contributed by atoms with Crippen LogP contribution in [0.2, 0.25) is 5.32 Å². The van der Waals surface area contributed by atoms with Crippen LogP contribution in [0.4, 0.5) is 0 Å². The number of hydrogen-bond donors (Lipinski definition) is 0. The molecule has 3 heterocycles. The minimum absolute atomic E-state index is 0.182. The van der Waals surface area contributed by atoms with Crippen LogP contribution in [0.1, 0.15) is 36.8 Å². The minimum Gasteiger partial charge on any atom is -0.0349 e. The number of nitrogens with zero attached hydrogens (tertiary/aromatic N) is 6. The summed E-state index contributed by atoms with van der Waals surface area (Å²) in [4.78, 5) is 24.4. The Bertz CT molecular complexity index is 1470. The zero-order chi connectivity index (χ0) is 26.2. The SMILES string of the molecule is N#Cc1cccc(-c2ccc(=O)n(Cc3cccc(-c4ncc([Se]CCCN5CCCCC5)cn4)c3)n2)c1. The predicted molar refractivity (Wildman–Crippen MR) is 150 cm³/mol. The Balaban J connectivity index is 1.23. The van der Waals surface area contributed by atoms with Gasteiger partial charge in [-0.2, -0.15) is 5.26 Å². The van der Waals surface area contributed by atoms with E-state index in [-0.39, 0.29) is 5.56 Å². The molecule has 4 aromatic rings. The Morgan fingerprint density at radius 3 is 2.53 bits per heavy atom. The van der Waals surface area contributed by atoms with Gasteiger partial charge in [0, 0.05) is 0 Å². The van der Waals surface area contributed by atoms with Crippen LogP contribution in [-0.2, 0) is 6.54 Å². The summed E-state index contributed by atoms with van der Waals surface area (Å²) < 4.78 is 2.67. The maximum Gasteiger partial charge on any atom is -0.0349 e. The van der Waals surface area contributed by atoms with Gasteiger partial charge >= 0.3 is 189 Å². The number of rotatable bonds is 9. The first-order valence-corrected chi connectivity index (χ1v) is 15.1. The summed E-state index contributed by atoms with van der Waals surface area (Å²) in [7, 11) is 0. The largest absolute Gasteiger partial charge is 0.0349 e. The van der Waals surface area contributed by atoms with Gasteiger partial charge in [-0.25, -0.2) is 0 Å². The smallest absolute Gasteiger partial charge is 0.0349 e. The topological polar surface area (TPSA) is 87.7 Å². The molecule has 1 aliphatic heterocycles. The molecule has 2 aromatic carbocycles. The molecule has 8 heteroatoms. The molecule has 1 fully saturated rings. The second kappa shape index (κ2) is 12.7. The molecule has 5 rings (SSSR count). The predicted octanol–water partition coefficient (Wildman–Crippen LogP) is 3.91. The zero-order valence-corrected chi connectivity index (χ0v) is 23.0. The third-order valence-electron chi connectivity index (χ3n) is 6.64. The summed E-state index contributed by atoms with van der Waals surface area (Å²) in [6.07, 6.45) is 9.23. The van der Waals surface area contributed by atoms with Crippen LogP contribution in [0.15, 0.2) is 77.9 Å². The van der Waals surface area contributed by atoms with Crippen molar-refractivity contribution in [2.45, 2.75) is 37.5 Å². The van der Waals surface area contributed by atoms with Gasteiger partial charge in [-0.3, -0.25) is 0 Å². The molecule has 1 saturated heterocycles. The Morgan fingerprint density at radius 1 is 0.921 bits per heavy atom. The third kappa shape index (κ3) is 6.81. The molecule has 0 saturated carbocycles. The van der Waals surface area contributed by atoms with Crippen LogP contribution in [0.5, 0.6) is 0 Å². The van der Waals surface area contributed by atoms with Gasteiger partial charge in [-0.15, -0.1) is 0 Å². The summed E-state index contributed by atoms with van der Waals surface area (Å²) in [6, 6.07) is 20.5. The van der Waals surface area contributed by atoms with E-state index >= 15 is 0 Å². The number of piperidine rings is 1. The van der Waals surface area contributed by atoms with Gasteiger partial charge in [-0.1, -0.05) is 12.1 Å². The van der Waals surface area contributed by atoms with Crippen molar-refractivity contribution in [1.29, 1.82) is 5.26 Å². The standard InChI is InChI=1S/C30H30N6OSe/c31-19-23-7-4-9-25(17-23)28-11-12-29(37)36(34-28)22-24-8-5-10-26(18-24)30-32-20-27(21-33-30)38-16-6-15-35-13-2-1-3-14-35/h4-5,7-12,17-18,20-21H,1-3,6,13-16,22H2. The van der Waals surface area contributed by atoms with Crippen molar-refractivity contribution in [1.82, 2.24) is 24.6 Å². The molecular weight excluding hydrogens is 539 g/mol. The fourth-order valence-corrected chi connectivity index (χ4v) is 6.25. The van der Waals surface area contributed by atoms with Crippen LogP contribution in [0, 0.1) is 11.3 Å². The average molecular weight is 570 g/mol. The van der Waals surface area contributed by atoms with E-state index < -0.39 is 0 Å². The second-order valence-corrected chi connectivity index (χ2v) is 11.9. The van der Waals surface area contributed by atoms with E-state index in [1.54, 1.807) is 18.2 Å². The summed E-state index contributed by atoms with van der Waals surface area (Å²) >= 11 is 0.390. The fourth-order valence-electron chi connectivity index (χ4n) is 4.65. The molecule has 0 spiro atoms. The Labute approximate surface area is 229 Å². The summed E-state index contributed by atoms with van der Waals surface area (Å²) in [6.45, 7) is 4.06. The van der Waals surface area contributed by atoms with Crippen molar-refractivity contribution >= 4 is 19.4 Å². The molecule has 7 nitrogen and oxygen atoms in total. The zero-order valence-electron chi connectivity index (χ0n) is 21.3. The van der Waals surface area contributed by atoms with Crippen molar-refractivity contribution in [3.05, 3.63) is 94.5 Å². The van der Waals surface area contributed by atoms with Crippen molar-refractivity contribution in [3.63, 3.8) is 0 Å². The van der Waals surface area contributed by atoms with Crippen LogP contribution < -0.4 is 10.0 Å². The maximum atomic E-state index is 12.5. The molecule has 38 heavy (non-hydrogen) atoms. The van der Waals surface area contributed by atoms with E-state index in [0.29, 0.717) is 38.6 Å². The summed E-state index contributed by atoms with van der Waals surface area (Å²) in [5.74, 6) is 0.682. The van der Waals surface area contributed by atoms with Gasteiger partial charge in [0.05, 0.1) is 11.6 Å². The van der Waals surface area contributed by atoms with E-state index in [1.807, 2.05) is 48.8 Å². The van der Waals surface area contributed by atoms with E-state index in [1.165, 1.54) is 65.8 Å². The van der Waals surface area contributed by atoms with Crippen molar-refractivity contribution in [2.24, 2.45) is 0 Å². The van der Waals surface area contributed by atoms with Crippen LogP contribution in [0.3, 0.4) is 0 Å². The minimum atomic E-state index is -0.182. The molecule has 0 unspecified atom stereocenters. The van der Waals surface area contributed by atoms with E-state index in [4.69, 9.17) is 0 Å². The third-order valence-corrected chi connectivity index (χ3v) is 8.81. The molecule has 0 bridgehead atoms. The van der Waals surface area contributed by atoms with Gasteiger partial charge in [0.1, 0.15) is 0 Å². The van der Waals surface area contributed by atoms with E-state index in [9.17, 15) is 10.1 Å². The first-order chi connectivity index (χ1) is 18.7. The van der Waals surface area contributed by atoms with Gasteiger partial charge < -0.3 is 0 Å². The molecule has 1 aliphatic rings. The normalized spacial score (nSPS) is 13.8. The number of hydrogen-bond acceptors (Lipinski definition) is 6. The first kappa shape index (κ1) is 26.0. The van der Waals surface area contributed by atoms with E-state index in [2.05, 4.69) is 26.0 Å². The van der Waals surface area contributed by atoms with Crippen molar-refractivity contribution < 1.29 is 0 Å². The van der Waals surface area contributed by atoms with Crippen LogP contribution in [-0.4, -0.2) is 59.2 Å². The maximum absolute atomic E-state index is 12.5. The molecule has 0 amide bonds. The first-order valence-electron chi connectivity index (χ1n) is 13.0. The van der Waals surface area contributed by atoms with Crippen molar-refractivity contribution in [2.75, 3.05) is 19.6 Å². The summed E-state index contributed by atoms with van der Waals surface area (Å²) in [5.41, 5.74) is 3.67. The van der Waals surface area contributed by atoms with Gasteiger partial charge in [0.2, 0.25) is 0 Å². The Hall–Kier alpha value is -3.63. The van der Waals surface area contributed by atoms with Crippen molar-refractivity contribution in [3.8, 4) is 28.7 Å². The van der Waals surface area contributed by atoms with Gasteiger partial charge in [0.15, 0.2) is 0 Å². The molecule has 0 aliphatic carbocycles. The molecule has 0 N–H and O–H groups in total. The number of benzene rings is 2. The average Bonchev–Trinajstić information content (AvgIpc) is 2.97. The molecular formula is C30H30N6OSe. The molecule has 0 radical (unpaired) electrons. The number of likely N-dealkylation sites (tertiary alicyclic amines) is 1. The molecule has 0 atom stereocenters. The monoisotopic (exact) mass is 570 g/mol. The van der Waals surface area contributed by atoms with Crippen LogP contribution >= 0.6 is 0 Å². The number of aromatic nitrogens is 4. The van der Waals surface area contributed by atoms with Crippen LogP contribution in [0.25, 0.3) is 22.6 Å². The second-order valence-electron chi connectivity index (χ2n) is 9.45. The van der Waals surface area contributed by atoms with Gasteiger partial charge in [0.25, 0.3) is 0 Å². The summed E-state index contributed by atoms with van der Waals surface area (Å²) in [5, 5.41) is 15.0.